The molecule has 1 atom stereocenters. The number of para-hydroxylation sites is 1. The van der Waals surface area contributed by atoms with Crippen LogP contribution in [0.2, 0.25) is 0 Å². The molecule has 0 radical (unpaired) electrons. The second kappa shape index (κ2) is 8.68. The molecule has 0 bridgehead atoms. The van der Waals surface area contributed by atoms with Gasteiger partial charge in [0, 0.05) is 47.2 Å². The van der Waals surface area contributed by atoms with Crippen molar-refractivity contribution in [1.82, 2.24) is 14.9 Å². The highest BCUT2D eigenvalue weighted by molar-refractivity contribution is 5.86. The van der Waals surface area contributed by atoms with Crippen molar-refractivity contribution in [2.45, 2.75) is 32.2 Å². The molecule has 0 aliphatic carbocycles. The fourth-order valence-corrected chi connectivity index (χ4v) is 5.24. The van der Waals surface area contributed by atoms with Crippen LogP contribution < -0.4 is 5.43 Å². The Balaban J connectivity index is 1.36. The van der Waals surface area contributed by atoms with Crippen LogP contribution in [0, 0.1) is 6.92 Å². The van der Waals surface area contributed by atoms with Gasteiger partial charge in [-0.1, -0.05) is 30.3 Å². The number of H-pyrrole nitrogens is 1. The van der Waals surface area contributed by atoms with Crippen molar-refractivity contribution in [3.05, 3.63) is 105 Å². The zero-order valence-electron chi connectivity index (χ0n) is 19.8. The maximum absolute atomic E-state index is 13.6. The molecule has 0 fully saturated rings. The van der Waals surface area contributed by atoms with Crippen LogP contribution in [0.3, 0.4) is 0 Å². The minimum atomic E-state index is -0.626. The Morgan fingerprint density at radius 1 is 1.17 bits per heavy atom. The van der Waals surface area contributed by atoms with E-state index in [1.54, 1.807) is 13.1 Å². The summed E-state index contributed by atoms with van der Waals surface area (Å²) >= 11 is 0. The van der Waals surface area contributed by atoms with Crippen LogP contribution in [0.4, 0.5) is 0 Å². The molecule has 2 aromatic carbocycles. The number of nitrogens with zero attached hydrogens (tertiary/aromatic N) is 2. The summed E-state index contributed by atoms with van der Waals surface area (Å²) in [6.07, 6.45) is 2.55. The lowest BCUT2D eigenvalue weighted by Gasteiger charge is -2.29. The van der Waals surface area contributed by atoms with E-state index < -0.39 is 17.1 Å². The Kier molecular flexibility index (Phi) is 5.33. The van der Waals surface area contributed by atoms with Gasteiger partial charge in [0.1, 0.15) is 5.76 Å². The van der Waals surface area contributed by atoms with Crippen molar-refractivity contribution >= 4 is 27.7 Å². The van der Waals surface area contributed by atoms with Gasteiger partial charge in [-0.25, -0.2) is 0 Å². The summed E-state index contributed by atoms with van der Waals surface area (Å²) in [6, 6.07) is 18.9. The molecule has 3 aromatic heterocycles. The highest BCUT2D eigenvalue weighted by Crippen LogP contribution is 2.36. The first-order chi connectivity index (χ1) is 17.5. The number of aromatic nitrogens is 2. The molecular formula is C29H25N3O4. The first kappa shape index (κ1) is 22.1. The molecule has 180 valence electrons. The third-order valence-corrected chi connectivity index (χ3v) is 7.03. The van der Waals surface area contributed by atoms with Crippen LogP contribution >= 0.6 is 0 Å². The van der Waals surface area contributed by atoms with Crippen LogP contribution in [0.1, 0.15) is 40.7 Å². The van der Waals surface area contributed by atoms with E-state index >= 15 is 0 Å². The fourth-order valence-electron chi connectivity index (χ4n) is 5.24. The van der Waals surface area contributed by atoms with Gasteiger partial charge in [0.2, 0.25) is 17.1 Å². The molecule has 0 unspecified atom stereocenters. The topological polar surface area (TPSA) is 99.4 Å². The molecule has 1 aliphatic rings. The lowest BCUT2D eigenvalue weighted by Crippen LogP contribution is -2.36. The number of aryl methyl sites for hydroxylation is 1. The quantitative estimate of drug-likeness (QED) is 0.386. The molecule has 4 heterocycles. The standard InChI is InChI=1S/C29H25N3O4/c1-17-13-26(33)28(35)29(36-17)22(18-8-9-23-19(14-18)5-4-11-30-23)15-27(34)32-12-10-21-20-6-2-3-7-24(20)31-25(21)16-32/h2-9,11,13-14,22,31,35H,10,12,15-16H2,1H3/t22-/m1/s1. The van der Waals surface area contributed by atoms with E-state index in [0.717, 1.165) is 34.1 Å². The first-order valence-corrected chi connectivity index (χ1v) is 12.0. The second-order valence-electron chi connectivity index (χ2n) is 9.34. The van der Waals surface area contributed by atoms with Crippen molar-refractivity contribution in [3.63, 3.8) is 0 Å². The number of fused-ring (bicyclic) bond motifs is 4. The number of hydrogen-bond acceptors (Lipinski definition) is 5. The molecule has 7 nitrogen and oxygen atoms in total. The number of carbonyl (C=O) groups is 1. The number of aromatic amines is 1. The van der Waals surface area contributed by atoms with Crippen molar-refractivity contribution in [2.24, 2.45) is 0 Å². The number of carbonyl (C=O) groups excluding carboxylic acids is 1. The summed E-state index contributed by atoms with van der Waals surface area (Å²) in [6.45, 7) is 2.75. The van der Waals surface area contributed by atoms with E-state index in [4.69, 9.17) is 4.42 Å². The summed E-state index contributed by atoms with van der Waals surface area (Å²) in [5.41, 5.74) is 4.46. The Bertz CT molecular complexity index is 1680. The second-order valence-corrected chi connectivity index (χ2v) is 9.34. The zero-order valence-corrected chi connectivity index (χ0v) is 19.8. The normalized spacial score (nSPS) is 14.2. The molecule has 2 N–H and O–H groups in total. The van der Waals surface area contributed by atoms with Crippen molar-refractivity contribution in [3.8, 4) is 5.75 Å². The molecule has 0 saturated heterocycles. The minimum absolute atomic E-state index is 0.0568. The third-order valence-electron chi connectivity index (χ3n) is 7.03. The Labute approximate surface area is 207 Å². The van der Waals surface area contributed by atoms with Crippen molar-refractivity contribution in [2.75, 3.05) is 6.54 Å². The summed E-state index contributed by atoms with van der Waals surface area (Å²) < 4.78 is 5.86. The number of amides is 1. The summed E-state index contributed by atoms with van der Waals surface area (Å²) in [7, 11) is 0. The van der Waals surface area contributed by atoms with E-state index in [9.17, 15) is 14.7 Å². The minimum Gasteiger partial charge on any atom is -0.502 e. The van der Waals surface area contributed by atoms with Gasteiger partial charge in [0.05, 0.1) is 18.0 Å². The summed E-state index contributed by atoms with van der Waals surface area (Å²) in [5.74, 6) is -0.660. The molecule has 1 aliphatic heterocycles. The van der Waals surface area contributed by atoms with E-state index in [1.165, 1.54) is 17.0 Å². The molecule has 1 amide bonds. The first-order valence-electron chi connectivity index (χ1n) is 12.0. The highest BCUT2D eigenvalue weighted by atomic mass is 16.4. The fraction of sp³-hybridized carbons (Fsp3) is 0.207. The van der Waals surface area contributed by atoms with Gasteiger partial charge in [-0.2, -0.15) is 0 Å². The van der Waals surface area contributed by atoms with Gasteiger partial charge >= 0.3 is 0 Å². The van der Waals surface area contributed by atoms with E-state index in [-0.39, 0.29) is 18.1 Å². The largest absolute Gasteiger partial charge is 0.502 e. The maximum Gasteiger partial charge on any atom is 0.227 e. The average molecular weight is 480 g/mol. The van der Waals surface area contributed by atoms with E-state index in [1.807, 2.05) is 53.4 Å². The third kappa shape index (κ3) is 3.82. The van der Waals surface area contributed by atoms with Crippen LogP contribution in [0.15, 0.2) is 76.1 Å². The summed E-state index contributed by atoms with van der Waals surface area (Å²) in [4.78, 5) is 35.7. The predicted molar refractivity (Wildman–Crippen MR) is 137 cm³/mol. The lowest BCUT2D eigenvalue weighted by molar-refractivity contribution is -0.132. The van der Waals surface area contributed by atoms with Crippen molar-refractivity contribution in [1.29, 1.82) is 0 Å². The Hall–Kier alpha value is -4.39. The molecule has 0 saturated carbocycles. The van der Waals surface area contributed by atoms with Gasteiger partial charge < -0.3 is 19.4 Å². The van der Waals surface area contributed by atoms with Gasteiger partial charge in [-0.3, -0.25) is 14.6 Å². The molecule has 36 heavy (non-hydrogen) atoms. The monoisotopic (exact) mass is 479 g/mol. The Morgan fingerprint density at radius 2 is 2.03 bits per heavy atom. The molecular weight excluding hydrogens is 454 g/mol. The van der Waals surface area contributed by atoms with Crippen LogP contribution in [0.5, 0.6) is 5.75 Å². The summed E-state index contributed by atoms with van der Waals surface area (Å²) in [5, 5.41) is 12.8. The number of aromatic hydroxyl groups is 1. The Morgan fingerprint density at radius 3 is 2.92 bits per heavy atom. The highest BCUT2D eigenvalue weighted by Gasteiger charge is 2.30. The van der Waals surface area contributed by atoms with Gasteiger partial charge in [0.15, 0.2) is 5.76 Å². The van der Waals surface area contributed by atoms with E-state index in [2.05, 4.69) is 16.0 Å². The predicted octanol–water partition coefficient (Wildman–Crippen LogP) is 4.79. The number of hydrogen-bond donors (Lipinski definition) is 2. The van der Waals surface area contributed by atoms with Gasteiger partial charge in [-0.05, 0) is 48.7 Å². The van der Waals surface area contributed by atoms with Crippen molar-refractivity contribution < 1.29 is 14.3 Å². The molecule has 6 rings (SSSR count). The maximum atomic E-state index is 13.6. The van der Waals surface area contributed by atoms with E-state index in [0.29, 0.717) is 18.8 Å². The number of nitrogens with one attached hydrogen (secondary N) is 1. The molecule has 7 heteroatoms. The zero-order chi connectivity index (χ0) is 24.8. The van der Waals surface area contributed by atoms with Crippen LogP contribution in [-0.4, -0.2) is 32.4 Å². The van der Waals surface area contributed by atoms with Gasteiger partial charge in [0.25, 0.3) is 0 Å². The smallest absolute Gasteiger partial charge is 0.227 e. The lowest BCUT2D eigenvalue weighted by atomic mass is 9.90. The SMILES string of the molecule is Cc1cc(=O)c(O)c([C@H](CC(=O)N2CCc3c([nH]c4ccccc34)C2)c2ccc3ncccc3c2)o1. The van der Waals surface area contributed by atoms with Crippen LogP contribution in [0.25, 0.3) is 21.8 Å². The number of benzene rings is 2. The number of pyridine rings is 1. The molecule has 5 aromatic rings. The average Bonchev–Trinajstić information content (AvgIpc) is 3.27. The van der Waals surface area contributed by atoms with Gasteiger partial charge in [-0.15, -0.1) is 0 Å². The number of rotatable bonds is 4. The molecule has 0 spiro atoms. The van der Waals surface area contributed by atoms with Crippen LogP contribution in [-0.2, 0) is 17.8 Å².